The number of hydrogen-bond donors (Lipinski definition) is 2. The van der Waals surface area contributed by atoms with E-state index in [0.717, 1.165) is 12.8 Å². The number of nitrogens with one attached hydrogen (secondary N) is 2. The van der Waals surface area contributed by atoms with Gasteiger partial charge in [0.05, 0.1) is 17.6 Å². The van der Waals surface area contributed by atoms with E-state index in [-0.39, 0.29) is 18.2 Å². The minimum absolute atomic E-state index is 0.127. The Labute approximate surface area is 196 Å². The van der Waals surface area contributed by atoms with Crippen LogP contribution < -0.4 is 10.6 Å². The zero-order valence-electron chi connectivity index (χ0n) is 18.0. The van der Waals surface area contributed by atoms with Crippen molar-refractivity contribution < 1.29 is 14.4 Å². The van der Waals surface area contributed by atoms with Crippen molar-refractivity contribution in [2.24, 2.45) is 0 Å². The fraction of sp³-hybridized carbons (Fsp3) is 0.250. The van der Waals surface area contributed by atoms with Gasteiger partial charge in [0.15, 0.2) is 0 Å². The van der Waals surface area contributed by atoms with Crippen molar-refractivity contribution in [3.63, 3.8) is 0 Å². The van der Waals surface area contributed by atoms with Gasteiger partial charge in [-0.05, 0) is 49.2 Å². The standard InChI is InChI=1S/C24H24ClN5O3/c25-18-6-7-20(24(33)30-10-1-2-11-30)21(15-18)28-23(32)17-4-3-5-19(14-17)27-22(31)8-12-29-13-9-26-16-29/h3-7,9,13-16H,1-2,8,10-12H2,(H,27,31)(H,28,32). The van der Waals surface area contributed by atoms with Crippen molar-refractivity contribution >= 4 is 40.7 Å². The monoisotopic (exact) mass is 465 g/mol. The lowest BCUT2D eigenvalue weighted by Crippen LogP contribution is -2.28. The zero-order chi connectivity index (χ0) is 23.2. The lowest BCUT2D eigenvalue weighted by Gasteiger charge is -2.18. The number of rotatable bonds is 7. The number of imidazole rings is 1. The van der Waals surface area contributed by atoms with Crippen LogP contribution >= 0.6 is 11.6 Å². The lowest BCUT2D eigenvalue weighted by molar-refractivity contribution is -0.116. The molecule has 0 saturated carbocycles. The maximum atomic E-state index is 12.9. The highest BCUT2D eigenvalue weighted by Gasteiger charge is 2.23. The lowest BCUT2D eigenvalue weighted by atomic mass is 10.1. The molecule has 9 heteroatoms. The summed E-state index contributed by atoms with van der Waals surface area (Å²) < 4.78 is 1.81. The minimum atomic E-state index is -0.401. The van der Waals surface area contributed by atoms with E-state index >= 15 is 0 Å². The Morgan fingerprint density at radius 3 is 2.61 bits per heavy atom. The summed E-state index contributed by atoms with van der Waals surface area (Å²) in [5.41, 5.74) is 1.62. The van der Waals surface area contributed by atoms with E-state index in [0.29, 0.717) is 47.2 Å². The second-order valence-electron chi connectivity index (χ2n) is 7.82. The normalized spacial score (nSPS) is 13.1. The number of likely N-dealkylation sites (tertiary alicyclic amines) is 1. The number of aryl methyl sites for hydroxylation is 1. The predicted molar refractivity (Wildman–Crippen MR) is 126 cm³/mol. The molecule has 1 saturated heterocycles. The second-order valence-corrected chi connectivity index (χ2v) is 8.26. The average molecular weight is 466 g/mol. The molecule has 1 aliphatic rings. The van der Waals surface area contributed by atoms with Crippen LogP contribution in [0.1, 0.15) is 40.0 Å². The third-order valence-electron chi connectivity index (χ3n) is 5.42. The van der Waals surface area contributed by atoms with Crippen molar-refractivity contribution in [1.29, 1.82) is 0 Å². The van der Waals surface area contributed by atoms with Crippen LogP contribution in [-0.2, 0) is 11.3 Å². The van der Waals surface area contributed by atoms with E-state index in [1.165, 1.54) is 0 Å². The Balaban J connectivity index is 1.44. The van der Waals surface area contributed by atoms with Gasteiger partial charge in [-0.15, -0.1) is 0 Å². The maximum absolute atomic E-state index is 12.9. The molecule has 4 rings (SSSR count). The first-order valence-electron chi connectivity index (χ1n) is 10.8. The van der Waals surface area contributed by atoms with E-state index < -0.39 is 5.91 Å². The first-order valence-corrected chi connectivity index (χ1v) is 11.1. The largest absolute Gasteiger partial charge is 0.339 e. The number of nitrogens with zero attached hydrogens (tertiary/aromatic N) is 3. The van der Waals surface area contributed by atoms with Gasteiger partial charge in [-0.3, -0.25) is 14.4 Å². The molecule has 0 bridgehead atoms. The molecule has 8 nitrogen and oxygen atoms in total. The van der Waals surface area contributed by atoms with E-state index in [4.69, 9.17) is 11.6 Å². The van der Waals surface area contributed by atoms with Crippen molar-refractivity contribution in [1.82, 2.24) is 14.5 Å². The highest BCUT2D eigenvalue weighted by atomic mass is 35.5. The molecule has 2 heterocycles. The van der Waals surface area contributed by atoms with Crippen LogP contribution in [0.5, 0.6) is 0 Å². The Kier molecular flexibility index (Phi) is 7.04. The highest BCUT2D eigenvalue weighted by Crippen LogP contribution is 2.25. The van der Waals surface area contributed by atoms with Gasteiger partial charge < -0.3 is 20.1 Å². The van der Waals surface area contributed by atoms with Crippen LogP contribution in [0.2, 0.25) is 5.02 Å². The Morgan fingerprint density at radius 2 is 1.85 bits per heavy atom. The average Bonchev–Trinajstić information content (AvgIpc) is 3.52. The first kappa shape index (κ1) is 22.5. The second kappa shape index (κ2) is 10.3. The molecule has 2 aromatic carbocycles. The number of amides is 3. The van der Waals surface area contributed by atoms with Crippen molar-refractivity contribution in [2.45, 2.75) is 25.8 Å². The van der Waals surface area contributed by atoms with Gasteiger partial charge in [-0.25, -0.2) is 4.98 Å². The van der Waals surface area contributed by atoms with Gasteiger partial charge in [-0.2, -0.15) is 0 Å². The number of anilines is 2. The fourth-order valence-corrected chi connectivity index (χ4v) is 3.87. The molecule has 0 atom stereocenters. The molecular formula is C24H24ClN5O3. The summed E-state index contributed by atoms with van der Waals surface area (Å²) in [6.45, 7) is 1.92. The van der Waals surface area contributed by atoms with Crippen LogP contribution in [0, 0.1) is 0 Å². The number of aromatic nitrogens is 2. The molecule has 1 fully saturated rings. The highest BCUT2D eigenvalue weighted by molar-refractivity contribution is 6.31. The molecule has 33 heavy (non-hydrogen) atoms. The van der Waals surface area contributed by atoms with E-state index in [2.05, 4.69) is 15.6 Å². The molecule has 170 valence electrons. The van der Waals surface area contributed by atoms with Crippen LogP contribution in [-0.4, -0.2) is 45.3 Å². The summed E-state index contributed by atoms with van der Waals surface area (Å²) in [6.07, 6.45) is 7.32. The number of hydrogen-bond acceptors (Lipinski definition) is 4. The van der Waals surface area contributed by atoms with Gasteiger partial charge in [0.25, 0.3) is 11.8 Å². The SMILES string of the molecule is O=C(CCn1ccnc1)Nc1cccc(C(=O)Nc2cc(Cl)ccc2C(=O)N2CCCC2)c1. The Hall–Kier alpha value is -3.65. The number of benzene rings is 2. The van der Waals surface area contributed by atoms with Gasteiger partial charge in [-0.1, -0.05) is 17.7 Å². The molecule has 0 spiro atoms. The molecular weight excluding hydrogens is 442 g/mol. The van der Waals surface area contributed by atoms with Crippen LogP contribution in [0.3, 0.4) is 0 Å². The fourth-order valence-electron chi connectivity index (χ4n) is 3.70. The van der Waals surface area contributed by atoms with Gasteiger partial charge in [0.2, 0.25) is 5.91 Å². The summed E-state index contributed by atoms with van der Waals surface area (Å²) in [5, 5.41) is 6.03. The Morgan fingerprint density at radius 1 is 1.03 bits per heavy atom. The summed E-state index contributed by atoms with van der Waals surface area (Å²) >= 11 is 6.13. The molecule has 1 aromatic heterocycles. The zero-order valence-corrected chi connectivity index (χ0v) is 18.7. The van der Waals surface area contributed by atoms with Crippen LogP contribution in [0.15, 0.2) is 61.2 Å². The van der Waals surface area contributed by atoms with Gasteiger partial charge in [0, 0.05) is 54.7 Å². The van der Waals surface area contributed by atoms with Crippen LogP contribution in [0.25, 0.3) is 0 Å². The predicted octanol–water partition coefficient (Wildman–Crippen LogP) is 4.05. The minimum Gasteiger partial charge on any atom is -0.339 e. The van der Waals surface area contributed by atoms with E-state index in [1.54, 1.807) is 66.1 Å². The number of carbonyl (C=O) groups is 3. The summed E-state index contributed by atoms with van der Waals surface area (Å²) in [6, 6.07) is 11.5. The third-order valence-corrected chi connectivity index (χ3v) is 5.65. The Bertz CT molecular complexity index is 1160. The van der Waals surface area contributed by atoms with Crippen molar-refractivity contribution in [3.8, 4) is 0 Å². The van der Waals surface area contributed by atoms with Gasteiger partial charge in [0.1, 0.15) is 0 Å². The molecule has 1 aliphatic heterocycles. The number of carbonyl (C=O) groups excluding carboxylic acids is 3. The molecule has 2 N–H and O–H groups in total. The molecule has 0 aliphatic carbocycles. The quantitative estimate of drug-likeness (QED) is 0.550. The third kappa shape index (κ3) is 5.78. The van der Waals surface area contributed by atoms with Gasteiger partial charge >= 0.3 is 0 Å². The molecule has 0 unspecified atom stereocenters. The topological polar surface area (TPSA) is 96.3 Å². The molecule has 0 radical (unpaired) electrons. The summed E-state index contributed by atoms with van der Waals surface area (Å²) in [7, 11) is 0. The van der Waals surface area contributed by atoms with Crippen molar-refractivity contribution in [3.05, 3.63) is 77.3 Å². The smallest absolute Gasteiger partial charge is 0.255 e. The summed E-state index contributed by atoms with van der Waals surface area (Å²) in [4.78, 5) is 43.8. The molecule has 3 aromatic rings. The van der Waals surface area contributed by atoms with E-state index in [9.17, 15) is 14.4 Å². The molecule has 3 amide bonds. The summed E-state index contributed by atoms with van der Waals surface area (Å²) in [5.74, 6) is -0.699. The van der Waals surface area contributed by atoms with Crippen molar-refractivity contribution in [2.75, 3.05) is 23.7 Å². The number of halogens is 1. The van der Waals surface area contributed by atoms with Crippen LogP contribution in [0.4, 0.5) is 11.4 Å². The van der Waals surface area contributed by atoms with E-state index in [1.807, 2.05) is 4.57 Å². The first-order chi connectivity index (χ1) is 16.0. The maximum Gasteiger partial charge on any atom is 0.255 e.